The van der Waals surface area contributed by atoms with Crippen molar-refractivity contribution in [2.75, 3.05) is 19.3 Å². The Labute approximate surface area is 163 Å². The third kappa shape index (κ3) is 6.32. The van der Waals surface area contributed by atoms with Crippen LogP contribution in [-0.2, 0) is 14.3 Å². The second-order valence-corrected chi connectivity index (χ2v) is 6.59. The second kappa shape index (κ2) is 10.6. The summed E-state index contributed by atoms with van der Waals surface area (Å²) >= 11 is 1.21. The van der Waals surface area contributed by atoms with Gasteiger partial charge in [-0.3, -0.25) is 14.6 Å². The summed E-state index contributed by atoms with van der Waals surface area (Å²) in [7, 11) is 1.75. The molecule has 3 rings (SSSR count). The first-order valence-corrected chi connectivity index (χ1v) is 9.91. The van der Waals surface area contributed by atoms with Gasteiger partial charge in [-0.15, -0.1) is 0 Å². The number of carbonyl (C=O) groups is 2. The lowest BCUT2D eigenvalue weighted by Crippen LogP contribution is -2.39. The van der Waals surface area contributed by atoms with Crippen LogP contribution < -0.4 is 0 Å². The normalized spacial score (nSPS) is 16.3. The third-order valence-corrected chi connectivity index (χ3v) is 4.63. The van der Waals surface area contributed by atoms with Crippen LogP contribution in [0, 0.1) is 0 Å². The lowest BCUT2D eigenvalue weighted by molar-refractivity contribution is -0.151. The van der Waals surface area contributed by atoms with E-state index in [2.05, 4.69) is 15.0 Å². The highest BCUT2D eigenvalue weighted by Gasteiger charge is 2.26. The van der Waals surface area contributed by atoms with Gasteiger partial charge >= 0.3 is 5.97 Å². The van der Waals surface area contributed by atoms with Crippen molar-refractivity contribution in [3.05, 3.63) is 36.7 Å². The fourth-order valence-corrected chi connectivity index (χ4v) is 3.04. The molecule has 0 aromatic carbocycles. The van der Waals surface area contributed by atoms with Crippen LogP contribution in [0.15, 0.2) is 41.8 Å². The van der Waals surface area contributed by atoms with Gasteiger partial charge in [-0.25, -0.2) is 9.97 Å². The minimum Gasteiger partial charge on any atom is -0.461 e. The first kappa shape index (κ1) is 20.8. The first-order chi connectivity index (χ1) is 13.1. The van der Waals surface area contributed by atoms with Gasteiger partial charge in [0.05, 0.1) is 23.6 Å². The molecular weight excluding hydrogens is 364 g/mol. The number of thioether (sulfide) groups is 1. The monoisotopic (exact) mass is 388 g/mol. The molecule has 1 saturated heterocycles. The number of pyridine rings is 1. The van der Waals surface area contributed by atoms with Crippen molar-refractivity contribution in [1.82, 2.24) is 19.9 Å². The molecule has 3 heterocycles. The fraction of sp³-hybridized carbons (Fsp3) is 0.421. The topological polar surface area (TPSA) is 85.3 Å². The van der Waals surface area contributed by atoms with E-state index in [1.807, 2.05) is 32.0 Å². The van der Waals surface area contributed by atoms with Crippen molar-refractivity contribution >= 4 is 23.6 Å². The maximum atomic E-state index is 12.0. The summed E-state index contributed by atoms with van der Waals surface area (Å²) in [4.78, 5) is 38.1. The molecule has 1 unspecified atom stereocenters. The van der Waals surface area contributed by atoms with Crippen molar-refractivity contribution in [3.8, 4) is 11.4 Å². The Morgan fingerprint density at radius 2 is 2.04 bits per heavy atom. The zero-order valence-corrected chi connectivity index (χ0v) is 16.6. The van der Waals surface area contributed by atoms with E-state index < -0.39 is 0 Å². The molecule has 7 nitrogen and oxygen atoms in total. The van der Waals surface area contributed by atoms with Gasteiger partial charge in [-0.2, -0.15) is 0 Å². The van der Waals surface area contributed by atoms with E-state index >= 15 is 0 Å². The van der Waals surface area contributed by atoms with Crippen molar-refractivity contribution < 1.29 is 14.3 Å². The van der Waals surface area contributed by atoms with E-state index in [0.717, 1.165) is 5.69 Å². The lowest BCUT2D eigenvalue weighted by atomic mass is 10.1. The number of esters is 1. The predicted molar refractivity (Wildman–Crippen MR) is 104 cm³/mol. The fourth-order valence-electron chi connectivity index (χ4n) is 2.43. The number of rotatable bonds is 5. The number of nitrogens with zero attached hydrogens (tertiary/aromatic N) is 4. The summed E-state index contributed by atoms with van der Waals surface area (Å²) in [5, 5.41) is 0.486. The van der Waals surface area contributed by atoms with Gasteiger partial charge in [0, 0.05) is 32.4 Å². The standard InChI is InChI=1S/C17H18N4O3S.C2H6/c1-21-9-6-12(10-15(21)22)24-16(23)11-25-17-19-8-5-14(20-17)13-4-2-3-7-18-13;1-2/h2-5,7-8,12H,6,9-11H2,1H3;1-2H3. The van der Waals surface area contributed by atoms with E-state index in [1.165, 1.54) is 11.8 Å². The predicted octanol–water partition coefficient (Wildman–Crippen LogP) is 2.82. The van der Waals surface area contributed by atoms with Gasteiger partial charge in [0.15, 0.2) is 5.16 Å². The van der Waals surface area contributed by atoms with Crippen LogP contribution in [-0.4, -0.2) is 57.2 Å². The SMILES string of the molecule is CC.CN1CCC(OC(=O)CSc2nccc(-c3ccccn3)n2)CC1=O. The Morgan fingerprint density at radius 3 is 2.74 bits per heavy atom. The Balaban J connectivity index is 0.00000126. The molecule has 144 valence electrons. The zero-order valence-electron chi connectivity index (χ0n) is 15.8. The van der Waals surface area contributed by atoms with Gasteiger partial charge in [-0.05, 0) is 18.2 Å². The number of aromatic nitrogens is 3. The highest BCUT2D eigenvalue weighted by molar-refractivity contribution is 7.99. The van der Waals surface area contributed by atoms with Crippen LogP contribution in [0.25, 0.3) is 11.4 Å². The first-order valence-electron chi connectivity index (χ1n) is 8.92. The zero-order chi connectivity index (χ0) is 19.6. The van der Waals surface area contributed by atoms with Gasteiger partial charge in [0.1, 0.15) is 6.10 Å². The van der Waals surface area contributed by atoms with Crippen LogP contribution in [0.5, 0.6) is 0 Å². The molecule has 1 amide bonds. The van der Waals surface area contributed by atoms with Crippen LogP contribution in [0.3, 0.4) is 0 Å². The smallest absolute Gasteiger partial charge is 0.316 e. The van der Waals surface area contributed by atoms with Crippen molar-refractivity contribution in [2.24, 2.45) is 0 Å². The molecule has 0 spiro atoms. The molecule has 8 heteroatoms. The van der Waals surface area contributed by atoms with Crippen molar-refractivity contribution in [3.63, 3.8) is 0 Å². The minimum atomic E-state index is -0.362. The van der Waals surface area contributed by atoms with Crippen LogP contribution in [0.4, 0.5) is 0 Å². The molecule has 0 aliphatic carbocycles. The number of amides is 1. The number of likely N-dealkylation sites (tertiary alicyclic amines) is 1. The number of hydrogen-bond acceptors (Lipinski definition) is 7. The molecule has 1 aliphatic heterocycles. The molecule has 0 N–H and O–H groups in total. The quantitative estimate of drug-likeness (QED) is 0.442. The molecule has 1 fully saturated rings. The van der Waals surface area contributed by atoms with Gasteiger partial charge in [0.25, 0.3) is 0 Å². The number of ether oxygens (including phenoxy) is 1. The average Bonchev–Trinajstić information content (AvgIpc) is 2.72. The molecule has 0 saturated carbocycles. The van der Waals surface area contributed by atoms with Crippen LogP contribution >= 0.6 is 11.8 Å². The van der Waals surface area contributed by atoms with E-state index in [4.69, 9.17) is 4.74 Å². The summed E-state index contributed by atoms with van der Waals surface area (Å²) in [6, 6.07) is 7.36. The second-order valence-electron chi connectivity index (χ2n) is 5.65. The average molecular weight is 388 g/mol. The molecule has 0 bridgehead atoms. The summed E-state index contributed by atoms with van der Waals surface area (Å²) in [5.41, 5.74) is 1.45. The highest BCUT2D eigenvalue weighted by atomic mass is 32.2. The molecular formula is C19H24N4O3S. The maximum Gasteiger partial charge on any atom is 0.316 e. The van der Waals surface area contributed by atoms with Gasteiger partial charge in [0.2, 0.25) is 5.91 Å². The van der Waals surface area contributed by atoms with Crippen molar-refractivity contribution in [1.29, 1.82) is 0 Å². The Morgan fingerprint density at radius 1 is 1.22 bits per heavy atom. The third-order valence-electron chi connectivity index (χ3n) is 3.79. The maximum absolute atomic E-state index is 12.0. The summed E-state index contributed by atoms with van der Waals surface area (Å²) in [5.74, 6) is -0.256. The number of carbonyl (C=O) groups excluding carboxylic acids is 2. The highest BCUT2D eigenvalue weighted by Crippen LogP contribution is 2.19. The van der Waals surface area contributed by atoms with Gasteiger partial charge in [-0.1, -0.05) is 31.7 Å². The Bertz CT molecular complexity index is 758. The van der Waals surface area contributed by atoms with Crippen molar-refractivity contribution in [2.45, 2.75) is 37.9 Å². The van der Waals surface area contributed by atoms with E-state index in [-0.39, 0.29) is 30.2 Å². The largest absolute Gasteiger partial charge is 0.461 e. The van der Waals surface area contributed by atoms with E-state index in [9.17, 15) is 9.59 Å². The van der Waals surface area contributed by atoms with E-state index in [0.29, 0.717) is 23.8 Å². The summed E-state index contributed by atoms with van der Waals surface area (Å²) < 4.78 is 5.37. The minimum absolute atomic E-state index is 0.00287. The molecule has 1 aliphatic rings. The Hall–Kier alpha value is -2.48. The Kier molecular flexibility index (Phi) is 8.19. The molecule has 1 atom stereocenters. The van der Waals surface area contributed by atoms with E-state index in [1.54, 1.807) is 30.4 Å². The number of piperidine rings is 1. The molecule has 2 aromatic heterocycles. The summed E-state index contributed by atoms with van der Waals surface area (Å²) in [6.07, 6.45) is 3.92. The van der Waals surface area contributed by atoms with Crippen LogP contribution in [0.1, 0.15) is 26.7 Å². The van der Waals surface area contributed by atoms with Gasteiger partial charge < -0.3 is 9.64 Å². The molecule has 0 radical (unpaired) electrons. The lowest BCUT2D eigenvalue weighted by Gasteiger charge is -2.28. The number of hydrogen-bond donors (Lipinski definition) is 0. The molecule has 27 heavy (non-hydrogen) atoms. The molecule has 2 aromatic rings. The van der Waals surface area contributed by atoms with Crippen LogP contribution in [0.2, 0.25) is 0 Å². The summed E-state index contributed by atoms with van der Waals surface area (Å²) in [6.45, 7) is 4.61.